The zero-order valence-electron chi connectivity index (χ0n) is 9.77. The smallest absolute Gasteiger partial charge is 0.124 e. The van der Waals surface area contributed by atoms with Crippen molar-refractivity contribution < 1.29 is 9.52 Å². The highest BCUT2D eigenvalue weighted by molar-refractivity contribution is 5.29. The Labute approximate surface area is 94.5 Å². The fourth-order valence-corrected chi connectivity index (χ4v) is 1.92. The molecular formula is C12H16N2O2. The topological polar surface area (TPSA) is 51.2 Å². The quantitative estimate of drug-likeness (QED) is 0.862. The molecule has 16 heavy (non-hydrogen) atoms. The number of aryl methyl sites for hydroxylation is 3. The van der Waals surface area contributed by atoms with Crippen LogP contribution in [-0.2, 0) is 6.54 Å². The van der Waals surface area contributed by atoms with Crippen LogP contribution in [0, 0.1) is 13.8 Å². The molecular weight excluding hydrogens is 204 g/mol. The van der Waals surface area contributed by atoms with Crippen molar-refractivity contribution in [2.75, 3.05) is 0 Å². The van der Waals surface area contributed by atoms with E-state index in [4.69, 9.17) is 4.42 Å². The Morgan fingerprint density at radius 1 is 1.50 bits per heavy atom. The van der Waals surface area contributed by atoms with E-state index in [1.54, 1.807) is 10.9 Å². The van der Waals surface area contributed by atoms with E-state index < -0.39 is 6.10 Å². The summed E-state index contributed by atoms with van der Waals surface area (Å²) in [5.74, 6) is 1.57. The minimum Gasteiger partial charge on any atom is -0.466 e. The Balaban J connectivity index is 2.38. The number of rotatable bonds is 3. The van der Waals surface area contributed by atoms with Gasteiger partial charge in [-0.1, -0.05) is 0 Å². The standard InChI is InChI=1S/C12H16N2O2/c1-4-14-11(5-6-13-14)12(15)10-7-8(2)16-9(10)3/h5-7,12,15H,4H2,1-3H3. The van der Waals surface area contributed by atoms with E-state index in [0.29, 0.717) is 0 Å². The molecule has 86 valence electrons. The fraction of sp³-hybridized carbons (Fsp3) is 0.417. The molecule has 0 aliphatic carbocycles. The summed E-state index contributed by atoms with van der Waals surface area (Å²) in [5, 5.41) is 14.4. The second kappa shape index (κ2) is 4.14. The van der Waals surface area contributed by atoms with Gasteiger partial charge in [0, 0.05) is 18.3 Å². The zero-order valence-corrected chi connectivity index (χ0v) is 9.77. The van der Waals surface area contributed by atoms with E-state index in [9.17, 15) is 5.11 Å². The summed E-state index contributed by atoms with van der Waals surface area (Å²) in [6.07, 6.45) is 1.03. The van der Waals surface area contributed by atoms with Crippen molar-refractivity contribution in [3.63, 3.8) is 0 Å². The summed E-state index contributed by atoms with van der Waals surface area (Å²) in [7, 11) is 0. The Morgan fingerprint density at radius 2 is 2.25 bits per heavy atom. The Bertz CT molecular complexity index is 485. The summed E-state index contributed by atoms with van der Waals surface area (Å²) < 4.78 is 7.20. The fourth-order valence-electron chi connectivity index (χ4n) is 1.92. The third-order valence-corrected chi connectivity index (χ3v) is 2.70. The minimum atomic E-state index is -0.667. The molecule has 2 aromatic heterocycles. The highest BCUT2D eigenvalue weighted by Gasteiger charge is 2.19. The monoisotopic (exact) mass is 220 g/mol. The molecule has 0 bridgehead atoms. The van der Waals surface area contributed by atoms with Crippen LogP contribution in [-0.4, -0.2) is 14.9 Å². The largest absolute Gasteiger partial charge is 0.466 e. The maximum Gasteiger partial charge on any atom is 0.124 e. The van der Waals surface area contributed by atoms with E-state index in [-0.39, 0.29) is 0 Å². The van der Waals surface area contributed by atoms with Crippen LogP contribution in [0.4, 0.5) is 0 Å². The third kappa shape index (κ3) is 1.76. The molecule has 0 aliphatic rings. The lowest BCUT2D eigenvalue weighted by atomic mass is 10.1. The summed E-state index contributed by atoms with van der Waals surface area (Å²) in [4.78, 5) is 0. The molecule has 4 nitrogen and oxygen atoms in total. The van der Waals surface area contributed by atoms with Crippen LogP contribution in [0.15, 0.2) is 22.7 Å². The average molecular weight is 220 g/mol. The highest BCUT2D eigenvalue weighted by Crippen LogP contribution is 2.26. The van der Waals surface area contributed by atoms with Crippen molar-refractivity contribution >= 4 is 0 Å². The number of nitrogens with zero attached hydrogens (tertiary/aromatic N) is 2. The van der Waals surface area contributed by atoms with Crippen LogP contribution < -0.4 is 0 Å². The summed E-state index contributed by atoms with van der Waals surface area (Å²) in [6.45, 7) is 6.48. The number of hydrogen-bond donors (Lipinski definition) is 1. The van der Waals surface area contributed by atoms with Crippen molar-refractivity contribution in [2.45, 2.75) is 33.4 Å². The second-order valence-electron chi connectivity index (χ2n) is 3.84. The van der Waals surface area contributed by atoms with Crippen molar-refractivity contribution in [3.8, 4) is 0 Å². The lowest BCUT2D eigenvalue weighted by molar-refractivity contribution is 0.206. The molecule has 0 spiro atoms. The molecule has 0 aliphatic heterocycles. The van der Waals surface area contributed by atoms with Gasteiger partial charge in [-0.25, -0.2) is 0 Å². The van der Waals surface area contributed by atoms with Crippen LogP contribution in [0.2, 0.25) is 0 Å². The van der Waals surface area contributed by atoms with E-state index in [1.807, 2.05) is 32.9 Å². The van der Waals surface area contributed by atoms with Gasteiger partial charge in [-0.2, -0.15) is 5.10 Å². The number of hydrogen-bond acceptors (Lipinski definition) is 3. The molecule has 2 heterocycles. The molecule has 0 saturated carbocycles. The molecule has 1 unspecified atom stereocenters. The molecule has 4 heteroatoms. The van der Waals surface area contributed by atoms with Crippen LogP contribution >= 0.6 is 0 Å². The Kier molecular flexibility index (Phi) is 2.83. The summed E-state index contributed by atoms with van der Waals surface area (Å²) >= 11 is 0. The first kappa shape index (κ1) is 11.0. The van der Waals surface area contributed by atoms with E-state index in [2.05, 4.69) is 5.10 Å². The molecule has 0 radical (unpaired) electrons. The molecule has 0 aromatic carbocycles. The van der Waals surface area contributed by atoms with Gasteiger partial charge >= 0.3 is 0 Å². The molecule has 1 N–H and O–H groups in total. The van der Waals surface area contributed by atoms with Gasteiger partial charge in [0.2, 0.25) is 0 Å². The molecule has 2 rings (SSSR count). The van der Waals surface area contributed by atoms with Gasteiger partial charge in [-0.3, -0.25) is 4.68 Å². The number of furan rings is 1. The maximum atomic E-state index is 10.3. The van der Waals surface area contributed by atoms with Gasteiger partial charge in [-0.15, -0.1) is 0 Å². The lowest BCUT2D eigenvalue weighted by Crippen LogP contribution is -2.09. The molecule has 1 atom stereocenters. The molecule has 2 aromatic rings. The van der Waals surface area contributed by atoms with E-state index in [1.165, 1.54) is 0 Å². The summed E-state index contributed by atoms with van der Waals surface area (Å²) in [6, 6.07) is 3.70. The Morgan fingerprint density at radius 3 is 2.81 bits per heavy atom. The average Bonchev–Trinajstić information content (AvgIpc) is 2.83. The number of aromatic nitrogens is 2. The van der Waals surface area contributed by atoms with E-state index in [0.717, 1.165) is 29.3 Å². The van der Waals surface area contributed by atoms with Gasteiger partial charge in [0.1, 0.15) is 17.6 Å². The Hall–Kier alpha value is -1.55. The van der Waals surface area contributed by atoms with Crippen LogP contribution in [0.25, 0.3) is 0 Å². The first-order valence-electron chi connectivity index (χ1n) is 5.40. The van der Waals surface area contributed by atoms with Crippen molar-refractivity contribution in [3.05, 3.63) is 41.1 Å². The SMILES string of the molecule is CCn1nccc1C(O)c1cc(C)oc1C. The number of aliphatic hydroxyl groups is 1. The molecule has 0 saturated heterocycles. The molecule has 0 amide bonds. The minimum absolute atomic E-state index is 0.667. The van der Waals surface area contributed by atoms with Gasteiger partial charge in [-0.05, 0) is 32.9 Å². The normalized spacial score (nSPS) is 13.0. The third-order valence-electron chi connectivity index (χ3n) is 2.70. The van der Waals surface area contributed by atoms with Gasteiger partial charge in [0.05, 0.1) is 5.69 Å². The molecule has 0 fully saturated rings. The van der Waals surface area contributed by atoms with Gasteiger partial charge < -0.3 is 9.52 Å². The van der Waals surface area contributed by atoms with Gasteiger partial charge in [0.25, 0.3) is 0 Å². The van der Waals surface area contributed by atoms with Crippen LogP contribution in [0.3, 0.4) is 0 Å². The van der Waals surface area contributed by atoms with Crippen molar-refractivity contribution in [2.24, 2.45) is 0 Å². The first-order chi connectivity index (χ1) is 7.63. The zero-order chi connectivity index (χ0) is 11.7. The second-order valence-corrected chi connectivity index (χ2v) is 3.84. The lowest BCUT2D eigenvalue weighted by Gasteiger charge is -2.11. The van der Waals surface area contributed by atoms with E-state index >= 15 is 0 Å². The summed E-state index contributed by atoms with van der Waals surface area (Å²) in [5.41, 5.74) is 1.61. The van der Waals surface area contributed by atoms with Crippen molar-refractivity contribution in [1.82, 2.24) is 9.78 Å². The maximum absolute atomic E-state index is 10.3. The van der Waals surface area contributed by atoms with Crippen molar-refractivity contribution in [1.29, 1.82) is 0 Å². The van der Waals surface area contributed by atoms with Gasteiger partial charge in [0.15, 0.2) is 0 Å². The predicted molar refractivity (Wildman–Crippen MR) is 60.1 cm³/mol. The highest BCUT2D eigenvalue weighted by atomic mass is 16.3. The number of aliphatic hydroxyl groups excluding tert-OH is 1. The predicted octanol–water partition coefficient (Wildman–Crippen LogP) is 2.19. The first-order valence-corrected chi connectivity index (χ1v) is 5.40. The van der Waals surface area contributed by atoms with Crippen LogP contribution in [0.1, 0.15) is 35.8 Å². The van der Waals surface area contributed by atoms with Crippen LogP contribution in [0.5, 0.6) is 0 Å².